The van der Waals surface area contributed by atoms with Gasteiger partial charge in [0.1, 0.15) is 0 Å². The van der Waals surface area contributed by atoms with Crippen molar-refractivity contribution in [2.45, 2.75) is 9.79 Å². The number of benzene rings is 3. The third-order valence-electron chi connectivity index (χ3n) is 5.83. The lowest BCUT2D eigenvalue weighted by Gasteiger charge is -2.05. The van der Waals surface area contributed by atoms with Gasteiger partial charge in [0.2, 0.25) is 0 Å². The molecule has 0 aliphatic carbocycles. The lowest BCUT2D eigenvalue weighted by Crippen LogP contribution is -1.84. The van der Waals surface area contributed by atoms with E-state index in [2.05, 4.69) is 125 Å². The maximum absolute atomic E-state index is 4.13. The minimum absolute atomic E-state index is 0.0345. The normalized spacial score (nSPS) is 12.1. The number of H-pyrrole nitrogens is 2. The Balaban J connectivity index is 1.40. The molecule has 0 saturated heterocycles. The van der Waals surface area contributed by atoms with Gasteiger partial charge in [-0.1, -0.05) is 48.3 Å². The van der Waals surface area contributed by atoms with E-state index in [1.807, 2.05) is 0 Å². The van der Waals surface area contributed by atoms with Crippen LogP contribution >= 0.6 is 22.2 Å². The quantitative estimate of drug-likeness (QED) is 0.191. The number of hydrogen-bond donors (Lipinski definition) is 2. The fourth-order valence-corrected chi connectivity index (χ4v) is 4.96. The highest BCUT2D eigenvalue weighted by atomic mass is 32.2. The van der Waals surface area contributed by atoms with E-state index in [-0.39, 0.29) is 10.5 Å². The zero-order valence-corrected chi connectivity index (χ0v) is 20.4. The summed E-state index contributed by atoms with van der Waals surface area (Å²) in [6.45, 7) is 0. The molecule has 2 heterocycles. The number of aromatic amines is 2. The van der Waals surface area contributed by atoms with Crippen LogP contribution in [0.15, 0.2) is 107 Å². The van der Waals surface area contributed by atoms with Crippen LogP contribution in [0.1, 0.15) is 0 Å². The number of hydrogen-bond acceptors (Lipinski definition) is 1. The number of thioether (sulfide) groups is 1. The van der Waals surface area contributed by atoms with Gasteiger partial charge in [-0.2, -0.15) is 10.5 Å². The molecule has 2 aromatic heterocycles. The highest BCUT2D eigenvalue weighted by Crippen LogP contribution is 2.31. The summed E-state index contributed by atoms with van der Waals surface area (Å²) in [7, 11) is 0.0345. The van der Waals surface area contributed by atoms with Gasteiger partial charge in [0.25, 0.3) is 0 Å². The van der Waals surface area contributed by atoms with Gasteiger partial charge >= 0.3 is 0 Å². The fraction of sp³-hybridized carbons (Fsp3) is 0.0690. The Hall–Kier alpha value is -3.21. The second kappa shape index (κ2) is 9.34. The van der Waals surface area contributed by atoms with Crippen LogP contribution in [0.3, 0.4) is 0 Å². The van der Waals surface area contributed by atoms with Gasteiger partial charge in [-0.3, -0.25) is 0 Å². The van der Waals surface area contributed by atoms with Crippen LogP contribution in [-0.2, 0) is 0 Å². The number of rotatable bonds is 6. The third-order valence-corrected chi connectivity index (χ3v) is 7.65. The number of nitrogens with one attached hydrogen (secondary N) is 2. The molecule has 0 bridgehead atoms. The van der Waals surface area contributed by atoms with E-state index in [0.29, 0.717) is 0 Å². The van der Waals surface area contributed by atoms with Crippen LogP contribution < -0.4 is 0 Å². The Morgan fingerprint density at radius 2 is 1.06 bits per heavy atom. The zero-order valence-electron chi connectivity index (χ0n) is 18.8. The van der Waals surface area contributed by atoms with Crippen molar-refractivity contribution in [3.63, 3.8) is 0 Å². The number of aromatic nitrogens is 2. The molecule has 5 rings (SSSR count). The van der Waals surface area contributed by atoms with E-state index < -0.39 is 0 Å². The highest BCUT2D eigenvalue weighted by Gasteiger charge is 2.08. The summed E-state index contributed by atoms with van der Waals surface area (Å²) in [6, 6.07) is 34.6. The average Bonchev–Trinajstić information content (AvgIpc) is 3.55. The van der Waals surface area contributed by atoms with Crippen molar-refractivity contribution < 1.29 is 0 Å². The van der Waals surface area contributed by atoms with Crippen LogP contribution in [0.2, 0.25) is 0 Å². The second-order valence-electron chi connectivity index (χ2n) is 8.04. The largest absolute Gasteiger partial charge is 0.355 e. The van der Waals surface area contributed by atoms with E-state index in [9.17, 15) is 0 Å². The topological polar surface area (TPSA) is 31.6 Å². The molecule has 0 saturated carbocycles. The maximum atomic E-state index is 4.13. The average molecular weight is 467 g/mol. The standard InChI is InChI=1S/C29H26N2S2/c1-32-24-11-7-20(8-12-24)26-15-17-28(30-26)22-5-4-6-23(19-22)29-18-16-27(31-29)21-9-13-25(14-10-21)33(2)3/h4-19,30-31H,2H2,1,3H3. The van der Waals surface area contributed by atoms with Crippen molar-refractivity contribution in [2.75, 3.05) is 12.5 Å². The van der Waals surface area contributed by atoms with Gasteiger partial charge in [-0.25, -0.2) is 0 Å². The summed E-state index contributed by atoms with van der Waals surface area (Å²) in [6.07, 6.45) is 4.24. The van der Waals surface area contributed by atoms with Gasteiger partial charge in [0, 0.05) is 32.6 Å². The maximum Gasteiger partial charge on any atom is 0.0458 e. The van der Waals surface area contributed by atoms with Crippen LogP contribution in [0.5, 0.6) is 0 Å². The Kier molecular flexibility index (Phi) is 6.12. The Labute approximate surface area is 202 Å². The summed E-state index contributed by atoms with van der Waals surface area (Å²) in [5, 5.41) is 0. The molecule has 0 radical (unpaired) electrons. The first kappa shape index (κ1) is 21.6. The fourth-order valence-electron chi connectivity index (χ4n) is 3.96. The molecule has 2 N–H and O–H groups in total. The predicted molar refractivity (Wildman–Crippen MR) is 148 cm³/mol. The van der Waals surface area contributed by atoms with E-state index in [1.54, 1.807) is 11.8 Å². The molecule has 3 aromatic carbocycles. The molecule has 4 heteroatoms. The molecule has 33 heavy (non-hydrogen) atoms. The van der Waals surface area contributed by atoms with E-state index >= 15 is 0 Å². The molecule has 2 nitrogen and oxygen atoms in total. The van der Waals surface area contributed by atoms with Crippen molar-refractivity contribution in [2.24, 2.45) is 0 Å². The molecule has 164 valence electrons. The zero-order chi connectivity index (χ0) is 22.8. The molecular formula is C29H26N2S2. The Morgan fingerprint density at radius 3 is 1.52 bits per heavy atom. The van der Waals surface area contributed by atoms with Crippen molar-refractivity contribution in [1.29, 1.82) is 0 Å². The van der Waals surface area contributed by atoms with Crippen molar-refractivity contribution in [3.8, 4) is 45.0 Å². The molecule has 0 amide bonds. The van der Waals surface area contributed by atoms with Gasteiger partial charge in [-0.15, -0.1) is 11.8 Å². The first-order valence-electron chi connectivity index (χ1n) is 10.8. The summed E-state index contributed by atoms with van der Waals surface area (Å²) in [4.78, 5) is 9.73. The molecule has 0 fully saturated rings. The van der Waals surface area contributed by atoms with Crippen LogP contribution in [-0.4, -0.2) is 28.3 Å². The van der Waals surface area contributed by atoms with Gasteiger partial charge < -0.3 is 9.97 Å². The van der Waals surface area contributed by atoms with Crippen LogP contribution in [0, 0.1) is 0 Å². The molecular weight excluding hydrogens is 440 g/mol. The van der Waals surface area contributed by atoms with E-state index in [0.717, 1.165) is 22.8 Å². The van der Waals surface area contributed by atoms with Gasteiger partial charge in [-0.05, 0) is 89.4 Å². The summed E-state index contributed by atoms with van der Waals surface area (Å²) in [5.41, 5.74) is 9.21. The van der Waals surface area contributed by atoms with Crippen LogP contribution in [0.25, 0.3) is 45.0 Å². The van der Waals surface area contributed by atoms with Crippen LogP contribution in [0.4, 0.5) is 0 Å². The smallest absolute Gasteiger partial charge is 0.0458 e. The lowest BCUT2D eigenvalue weighted by molar-refractivity contribution is 1.36. The van der Waals surface area contributed by atoms with Gasteiger partial charge in [0.15, 0.2) is 0 Å². The first-order valence-corrected chi connectivity index (χ1v) is 13.8. The van der Waals surface area contributed by atoms with E-state index in [4.69, 9.17) is 0 Å². The van der Waals surface area contributed by atoms with Gasteiger partial charge in [0.05, 0.1) is 0 Å². The van der Waals surface area contributed by atoms with Crippen molar-refractivity contribution in [1.82, 2.24) is 9.97 Å². The van der Waals surface area contributed by atoms with Crippen molar-refractivity contribution >= 4 is 28.1 Å². The minimum atomic E-state index is 0.0345. The molecule has 5 aromatic rings. The Bertz CT molecular complexity index is 1410. The first-order chi connectivity index (χ1) is 16.1. The summed E-state index contributed by atoms with van der Waals surface area (Å²) >= 11 is 1.76. The Morgan fingerprint density at radius 1 is 0.606 bits per heavy atom. The molecule has 1 unspecified atom stereocenters. The van der Waals surface area contributed by atoms with E-state index in [1.165, 1.54) is 32.0 Å². The summed E-state index contributed by atoms with van der Waals surface area (Å²) < 4.78 is 0. The van der Waals surface area contributed by atoms with Crippen molar-refractivity contribution in [3.05, 3.63) is 97.1 Å². The monoisotopic (exact) mass is 466 g/mol. The predicted octanol–water partition coefficient (Wildman–Crippen LogP) is 8.42. The molecule has 1 atom stereocenters. The SMILES string of the molecule is C=S(C)c1ccc(-c2ccc(-c3cccc(-c4ccc(-c5ccc(SC)cc5)[nH]4)c3)[nH]2)cc1. The summed E-state index contributed by atoms with van der Waals surface area (Å²) in [5.74, 6) is 4.13. The highest BCUT2D eigenvalue weighted by molar-refractivity contribution is 8.13. The molecule has 0 aliphatic rings. The molecule has 0 aliphatic heterocycles. The third kappa shape index (κ3) is 4.63. The second-order valence-corrected chi connectivity index (χ2v) is 10.7. The molecule has 0 spiro atoms. The lowest BCUT2D eigenvalue weighted by atomic mass is 10.1. The minimum Gasteiger partial charge on any atom is -0.355 e.